The number of sulfonamides is 1. The molecule has 1 saturated heterocycles. The lowest BCUT2D eigenvalue weighted by molar-refractivity contribution is 0.319. The first-order valence-corrected chi connectivity index (χ1v) is 12.1. The third-order valence-corrected chi connectivity index (χ3v) is 7.13. The maximum absolute atomic E-state index is 13.4. The van der Waals surface area contributed by atoms with E-state index in [1.165, 1.54) is 4.31 Å². The summed E-state index contributed by atoms with van der Waals surface area (Å²) in [6.07, 6.45) is 3.81. The highest BCUT2D eigenvalue weighted by Crippen LogP contribution is 2.31. The van der Waals surface area contributed by atoms with Gasteiger partial charge in [-0.3, -0.25) is 0 Å². The molecule has 0 radical (unpaired) electrons. The number of rotatable bonds is 8. The molecule has 1 fully saturated rings. The van der Waals surface area contributed by atoms with Crippen LogP contribution >= 0.6 is 0 Å². The Morgan fingerprint density at radius 3 is 2.16 bits per heavy atom. The highest BCUT2D eigenvalue weighted by molar-refractivity contribution is 7.89. The van der Waals surface area contributed by atoms with Gasteiger partial charge in [0.05, 0.1) is 13.2 Å². The summed E-state index contributed by atoms with van der Waals surface area (Å²) in [6.45, 7) is 6.24. The van der Waals surface area contributed by atoms with Gasteiger partial charge in [0, 0.05) is 44.6 Å². The van der Waals surface area contributed by atoms with Crippen LogP contribution in [0, 0.1) is 0 Å². The van der Waals surface area contributed by atoms with Gasteiger partial charge in [0.2, 0.25) is 10.0 Å². The van der Waals surface area contributed by atoms with E-state index in [4.69, 9.17) is 9.47 Å². The Morgan fingerprint density at radius 2 is 1.53 bits per heavy atom. The van der Waals surface area contributed by atoms with Crippen LogP contribution in [0.15, 0.2) is 59.8 Å². The van der Waals surface area contributed by atoms with E-state index in [0.29, 0.717) is 50.9 Å². The summed E-state index contributed by atoms with van der Waals surface area (Å²) < 4.78 is 41.3. The van der Waals surface area contributed by atoms with Gasteiger partial charge in [-0.05, 0) is 50.2 Å². The van der Waals surface area contributed by atoms with E-state index in [9.17, 15) is 8.42 Å². The standard InChI is InChI=1S/C22H27N5O4S/c1-3-30-18-7-8-19(31-4-2)20(17-18)32(28,29)27-15-13-26(14-16-27)22-10-9-21(23-24-22)25-11-5-6-12-25/h5-12,17H,3-4,13-16H2,1-2H3. The summed E-state index contributed by atoms with van der Waals surface area (Å²) in [4.78, 5) is 2.17. The first kappa shape index (κ1) is 22.1. The Labute approximate surface area is 188 Å². The number of piperazine rings is 1. The van der Waals surface area contributed by atoms with E-state index in [2.05, 4.69) is 10.2 Å². The van der Waals surface area contributed by atoms with Crippen LogP contribution in [0.25, 0.3) is 5.82 Å². The molecule has 4 rings (SSSR count). The maximum atomic E-state index is 13.4. The monoisotopic (exact) mass is 457 g/mol. The van der Waals surface area contributed by atoms with Gasteiger partial charge >= 0.3 is 0 Å². The van der Waals surface area contributed by atoms with E-state index in [1.807, 2.05) is 60.0 Å². The molecule has 170 valence electrons. The van der Waals surface area contributed by atoms with Crippen LogP contribution in [0.4, 0.5) is 5.82 Å². The number of ether oxygens (including phenoxy) is 2. The van der Waals surface area contributed by atoms with E-state index in [-0.39, 0.29) is 4.90 Å². The van der Waals surface area contributed by atoms with Gasteiger partial charge < -0.3 is 18.9 Å². The van der Waals surface area contributed by atoms with Crippen molar-refractivity contribution >= 4 is 15.8 Å². The second-order valence-corrected chi connectivity index (χ2v) is 9.11. The van der Waals surface area contributed by atoms with Crippen LogP contribution in [0.3, 0.4) is 0 Å². The van der Waals surface area contributed by atoms with Crippen LogP contribution in [0.5, 0.6) is 11.5 Å². The molecule has 3 aromatic rings. The van der Waals surface area contributed by atoms with E-state index in [1.54, 1.807) is 18.2 Å². The number of benzene rings is 1. The van der Waals surface area contributed by atoms with Gasteiger partial charge in [0.1, 0.15) is 16.4 Å². The first-order chi connectivity index (χ1) is 15.5. The highest BCUT2D eigenvalue weighted by atomic mass is 32.2. The largest absolute Gasteiger partial charge is 0.494 e. The predicted molar refractivity (Wildman–Crippen MR) is 121 cm³/mol. The minimum Gasteiger partial charge on any atom is -0.494 e. The molecule has 1 aliphatic rings. The zero-order chi connectivity index (χ0) is 22.6. The van der Waals surface area contributed by atoms with E-state index < -0.39 is 10.0 Å². The summed E-state index contributed by atoms with van der Waals surface area (Å²) in [5, 5.41) is 8.60. The van der Waals surface area contributed by atoms with Crippen LogP contribution in [-0.2, 0) is 10.0 Å². The van der Waals surface area contributed by atoms with Crippen LogP contribution < -0.4 is 14.4 Å². The number of aromatic nitrogens is 3. The molecule has 0 atom stereocenters. The SMILES string of the molecule is CCOc1ccc(OCC)c(S(=O)(=O)N2CCN(c3ccc(-n4cccc4)nn3)CC2)c1. The second-order valence-electron chi connectivity index (χ2n) is 7.21. The third-order valence-electron chi connectivity index (χ3n) is 5.21. The van der Waals surface area contributed by atoms with Gasteiger partial charge in [-0.1, -0.05) is 0 Å². The lowest BCUT2D eigenvalue weighted by Crippen LogP contribution is -2.49. The van der Waals surface area contributed by atoms with E-state index >= 15 is 0 Å². The molecular weight excluding hydrogens is 430 g/mol. The average Bonchev–Trinajstić information content (AvgIpc) is 3.36. The number of hydrogen-bond donors (Lipinski definition) is 0. The summed E-state index contributed by atoms with van der Waals surface area (Å²) in [5.41, 5.74) is 0. The van der Waals surface area contributed by atoms with Crippen LogP contribution in [0.2, 0.25) is 0 Å². The smallest absolute Gasteiger partial charge is 0.247 e. The van der Waals surface area contributed by atoms with Gasteiger partial charge in [-0.15, -0.1) is 10.2 Å². The Balaban J connectivity index is 1.48. The average molecular weight is 458 g/mol. The fourth-order valence-corrected chi connectivity index (χ4v) is 5.20. The maximum Gasteiger partial charge on any atom is 0.247 e. The van der Waals surface area contributed by atoms with Gasteiger partial charge in [0.25, 0.3) is 0 Å². The van der Waals surface area contributed by atoms with Crippen molar-refractivity contribution in [3.63, 3.8) is 0 Å². The van der Waals surface area contributed by atoms with Crippen molar-refractivity contribution in [1.29, 1.82) is 0 Å². The molecule has 0 amide bonds. The molecular formula is C22H27N5O4S. The molecule has 1 aliphatic heterocycles. The minimum atomic E-state index is -3.74. The minimum absolute atomic E-state index is 0.134. The normalized spacial score (nSPS) is 15.0. The first-order valence-electron chi connectivity index (χ1n) is 10.6. The molecule has 0 N–H and O–H groups in total. The van der Waals surface area contributed by atoms with Crippen LogP contribution in [0.1, 0.15) is 13.8 Å². The Hall–Kier alpha value is -3.11. The molecule has 0 bridgehead atoms. The van der Waals surface area contributed by atoms with Crippen molar-refractivity contribution in [3.8, 4) is 17.3 Å². The quantitative estimate of drug-likeness (QED) is 0.514. The second kappa shape index (κ2) is 9.58. The van der Waals surface area contributed by atoms with Crippen molar-refractivity contribution < 1.29 is 17.9 Å². The zero-order valence-electron chi connectivity index (χ0n) is 18.2. The fourth-order valence-electron chi connectivity index (χ4n) is 3.63. The van der Waals surface area contributed by atoms with Crippen molar-refractivity contribution in [2.45, 2.75) is 18.7 Å². The Bertz CT molecular complexity index is 1130. The van der Waals surface area contributed by atoms with Crippen molar-refractivity contribution in [1.82, 2.24) is 19.1 Å². The highest BCUT2D eigenvalue weighted by Gasteiger charge is 2.32. The Morgan fingerprint density at radius 1 is 0.875 bits per heavy atom. The summed E-state index contributed by atoms with van der Waals surface area (Å²) in [5.74, 6) is 2.31. The van der Waals surface area contributed by atoms with E-state index in [0.717, 1.165) is 11.6 Å². The number of anilines is 1. The zero-order valence-corrected chi connectivity index (χ0v) is 19.0. The third kappa shape index (κ3) is 4.56. The van der Waals surface area contributed by atoms with Gasteiger partial charge in [-0.25, -0.2) is 8.42 Å². The number of hydrogen-bond acceptors (Lipinski definition) is 7. The molecule has 2 aromatic heterocycles. The summed E-state index contributed by atoms with van der Waals surface area (Å²) in [6, 6.07) is 12.6. The molecule has 3 heterocycles. The molecule has 0 saturated carbocycles. The number of nitrogens with zero attached hydrogens (tertiary/aromatic N) is 5. The van der Waals surface area contributed by atoms with Crippen molar-refractivity contribution in [3.05, 3.63) is 54.9 Å². The predicted octanol–water partition coefficient (Wildman–Crippen LogP) is 2.58. The summed E-state index contributed by atoms with van der Waals surface area (Å²) in [7, 11) is -3.74. The molecule has 10 heteroatoms. The van der Waals surface area contributed by atoms with Crippen LogP contribution in [-0.4, -0.2) is 66.9 Å². The van der Waals surface area contributed by atoms with Crippen molar-refractivity contribution in [2.24, 2.45) is 0 Å². The molecule has 0 unspecified atom stereocenters. The molecule has 0 aliphatic carbocycles. The molecule has 1 aromatic carbocycles. The topological polar surface area (TPSA) is 89.8 Å². The van der Waals surface area contributed by atoms with Gasteiger partial charge in [-0.2, -0.15) is 4.31 Å². The molecule has 32 heavy (non-hydrogen) atoms. The fraction of sp³-hybridized carbons (Fsp3) is 0.364. The molecule has 0 spiro atoms. The molecule has 9 nitrogen and oxygen atoms in total. The lowest BCUT2D eigenvalue weighted by atomic mass is 10.3. The van der Waals surface area contributed by atoms with Gasteiger partial charge in [0.15, 0.2) is 11.6 Å². The van der Waals surface area contributed by atoms with Crippen molar-refractivity contribution in [2.75, 3.05) is 44.3 Å². The Kier molecular flexibility index (Phi) is 6.61. The summed E-state index contributed by atoms with van der Waals surface area (Å²) >= 11 is 0. The lowest BCUT2D eigenvalue weighted by Gasteiger charge is -2.34.